The zero-order chi connectivity index (χ0) is 17.4. The second kappa shape index (κ2) is 6.36. The van der Waals surface area contributed by atoms with Crippen molar-refractivity contribution < 1.29 is 9.90 Å². The van der Waals surface area contributed by atoms with E-state index in [4.69, 9.17) is 0 Å². The summed E-state index contributed by atoms with van der Waals surface area (Å²) in [4.78, 5) is 15.0. The Morgan fingerprint density at radius 3 is 2.33 bits per heavy atom. The van der Waals surface area contributed by atoms with Gasteiger partial charge in [-0.3, -0.25) is 4.79 Å². The van der Waals surface area contributed by atoms with Gasteiger partial charge in [-0.1, -0.05) is 32.1 Å². The fraction of sp³-hybridized carbons (Fsp3) is 0.571. The lowest BCUT2D eigenvalue weighted by atomic mass is 9.67. The molecular weight excluding hydrogens is 298 g/mol. The van der Waals surface area contributed by atoms with Crippen molar-refractivity contribution in [2.45, 2.75) is 63.9 Å². The monoisotopic (exact) mass is 327 g/mol. The second-order valence-electron chi connectivity index (χ2n) is 7.95. The number of amides is 1. The third-order valence-corrected chi connectivity index (χ3v) is 6.05. The first-order valence-electron chi connectivity index (χ1n) is 9.14. The number of carbonyl (C=O) groups excluding carboxylic acids is 1. The number of rotatable bonds is 4. The van der Waals surface area contributed by atoms with E-state index in [0.717, 1.165) is 31.5 Å². The van der Waals surface area contributed by atoms with Gasteiger partial charge in [-0.2, -0.15) is 0 Å². The molecule has 3 rings (SSSR count). The van der Waals surface area contributed by atoms with Crippen molar-refractivity contribution in [3.63, 3.8) is 0 Å². The predicted octanol–water partition coefficient (Wildman–Crippen LogP) is 4.41. The molecule has 1 spiro atoms. The Balaban J connectivity index is 1.72. The van der Waals surface area contributed by atoms with Crippen LogP contribution in [0, 0.1) is 5.41 Å². The van der Waals surface area contributed by atoms with E-state index in [-0.39, 0.29) is 11.3 Å². The molecule has 24 heavy (non-hydrogen) atoms. The van der Waals surface area contributed by atoms with Crippen LogP contribution in [-0.2, 0) is 4.79 Å². The van der Waals surface area contributed by atoms with E-state index in [1.807, 2.05) is 4.90 Å². The van der Waals surface area contributed by atoms with Crippen molar-refractivity contribution in [3.8, 4) is 0 Å². The number of benzene rings is 1. The zero-order valence-electron chi connectivity index (χ0n) is 14.9. The number of nitrogens with zero attached hydrogens (tertiary/aromatic N) is 1. The Hall–Kier alpha value is -1.61. The van der Waals surface area contributed by atoms with Crippen LogP contribution in [0.15, 0.2) is 36.9 Å². The maximum Gasteiger partial charge on any atom is 0.233 e. The minimum absolute atomic E-state index is 0.250. The molecular formula is C21H29NO2. The molecule has 1 aromatic rings. The highest BCUT2D eigenvalue weighted by Gasteiger charge is 2.51. The second-order valence-corrected chi connectivity index (χ2v) is 7.95. The van der Waals surface area contributed by atoms with Crippen LogP contribution in [0.25, 0.3) is 0 Å². The van der Waals surface area contributed by atoms with Crippen LogP contribution in [0.2, 0.25) is 0 Å². The Morgan fingerprint density at radius 2 is 1.79 bits per heavy atom. The van der Waals surface area contributed by atoms with E-state index in [9.17, 15) is 9.90 Å². The van der Waals surface area contributed by atoms with Gasteiger partial charge in [0.05, 0.1) is 11.0 Å². The van der Waals surface area contributed by atoms with Gasteiger partial charge in [0.15, 0.2) is 0 Å². The van der Waals surface area contributed by atoms with Crippen LogP contribution in [0.5, 0.6) is 0 Å². The summed E-state index contributed by atoms with van der Waals surface area (Å²) in [5, 5.41) is 10.6. The minimum atomic E-state index is -0.653. The normalized spacial score (nSPS) is 30.3. The summed E-state index contributed by atoms with van der Waals surface area (Å²) in [6.07, 6.45) is 6.29. The Labute approximate surface area is 145 Å². The molecule has 0 atom stereocenters. The van der Waals surface area contributed by atoms with Crippen molar-refractivity contribution in [2.24, 2.45) is 5.41 Å². The predicted molar refractivity (Wildman–Crippen MR) is 98.2 cm³/mol. The van der Waals surface area contributed by atoms with Gasteiger partial charge >= 0.3 is 0 Å². The molecule has 130 valence electrons. The highest BCUT2D eigenvalue weighted by atomic mass is 16.3. The molecule has 1 aliphatic heterocycles. The lowest BCUT2D eigenvalue weighted by Gasteiger charge is -2.40. The number of hydrogen-bond donors (Lipinski definition) is 1. The standard InChI is InChI=1S/C21H29NO2/c1-4-9-21(24)12-10-20(11-13-21)14-15-22(19(20)23)18-7-5-17(6-8-18)16(2)3/h4-8,16,24H,1,9-15H2,2-3H3/t20-,21-. The quantitative estimate of drug-likeness (QED) is 0.832. The molecule has 1 amide bonds. The molecule has 0 aromatic heterocycles. The smallest absolute Gasteiger partial charge is 0.233 e. The summed E-state index contributed by atoms with van der Waals surface area (Å²) >= 11 is 0. The van der Waals surface area contributed by atoms with Gasteiger partial charge in [-0.15, -0.1) is 6.58 Å². The minimum Gasteiger partial charge on any atom is -0.390 e. The highest BCUT2D eigenvalue weighted by molar-refractivity contribution is 6.00. The van der Waals surface area contributed by atoms with Gasteiger partial charge in [0, 0.05) is 12.2 Å². The van der Waals surface area contributed by atoms with Gasteiger partial charge in [0.1, 0.15) is 0 Å². The van der Waals surface area contributed by atoms with E-state index in [1.165, 1.54) is 5.56 Å². The first-order valence-corrected chi connectivity index (χ1v) is 9.14. The molecule has 0 bridgehead atoms. The van der Waals surface area contributed by atoms with Gasteiger partial charge < -0.3 is 10.0 Å². The maximum absolute atomic E-state index is 13.1. The molecule has 1 saturated carbocycles. The highest BCUT2D eigenvalue weighted by Crippen LogP contribution is 2.49. The summed E-state index contributed by atoms with van der Waals surface area (Å²) in [6, 6.07) is 8.40. The van der Waals surface area contributed by atoms with Crippen LogP contribution in [-0.4, -0.2) is 23.2 Å². The van der Waals surface area contributed by atoms with Gasteiger partial charge in [0.25, 0.3) is 0 Å². The molecule has 1 aliphatic carbocycles. The van der Waals surface area contributed by atoms with Crippen molar-refractivity contribution in [2.75, 3.05) is 11.4 Å². The first kappa shape index (κ1) is 17.2. The number of hydrogen-bond acceptors (Lipinski definition) is 2. The van der Waals surface area contributed by atoms with Crippen molar-refractivity contribution in [1.82, 2.24) is 0 Å². The molecule has 1 saturated heterocycles. The van der Waals surface area contributed by atoms with Crippen LogP contribution in [0.4, 0.5) is 5.69 Å². The Kier molecular flexibility index (Phi) is 4.56. The number of carbonyl (C=O) groups is 1. The molecule has 3 nitrogen and oxygen atoms in total. The third-order valence-electron chi connectivity index (χ3n) is 6.05. The summed E-state index contributed by atoms with van der Waals surface area (Å²) in [7, 11) is 0. The Bertz CT molecular complexity index is 609. The SMILES string of the molecule is C=CC[C@]1(O)CC[C@@]2(CCN(c3ccc(C(C)C)cc3)C2=O)CC1. The maximum atomic E-state index is 13.1. The van der Waals surface area contributed by atoms with Gasteiger partial charge in [-0.25, -0.2) is 0 Å². The van der Waals surface area contributed by atoms with E-state index in [0.29, 0.717) is 25.2 Å². The average Bonchev–Trinajstić information content (AvgIpc) is 2.88. The molecule has 1 N–H and O–H groups in total. The van der Waals surface area contributed by atoms with E-state index < -0.39 is 5.60 Å². The average molecular weight is 327 g/mol. The van der Waals surface area contributed by atoms with Crippen molar-refractivity contribution >= 4 is 11.6 Å². The van der Waals surface area contributed by atoms with Gasteiger partial charge in [0.2, 0.25) is 5.91 Å². The molecule has 3 heteroatoms. The third kappa shape index (κ3) is 3.02. The number of anilines is 1. The van der Waals surface area contributed by atoms with E-state index >= 15 is 0 Å². The fourth-order valence-electron chi connectivity index (χ4n) is 4.24. The summed E-state index contributed by atoms with van der Waals surface area (Å²) in [5.41, 5.74) is 1.39. The lowest BCUT2D eigenvalue weighted by molar-refractivity contribution is -0.130. The molecule has 0 radical (unpaired) electrons. The summed E-state index contributed by atoms with van der Waals surface area (Å²) in [5.74, 6) is 0.751. The molecule has 1 aromatic carbocycles. The van der Waals surface area contributed by atoms with Crippen molar-refractivity contribution in [3.05, 3.63) is 42.5 Å². The number of aliphatic hydroxyl groups is 1. The van der Waals surface area contributed by atoms with E-state index in [2.05, 4.69) is 44.7 Å². The fourth-order valence-corrected chi connectivity index (χ4v) is 4.24. The molecule has 0 unspecified atom stereocenters. The van der Waals surface area contributed by atoms with Crippen LogP contribution >= 0.6 is 0 Å². The summed E-state index contributed by atoms with van der Waals surface area (Å²) in [6.45, 7) is 8.89. The Morgan fingerprint density at radius 1 is 1.17 bits per heavy atom. The topological polar surface area (TPSA) is 40.5 Å². The molecule has 1 heterocycles. The van der Waals surface area contributed by atoms with Crippen LogP contribution in [0.1, 0.15) is 63.9 Å². The lowest BCUT2D eigenvalue weighted by Crippen LogP contribution is -2.43. The molecule has 2 fully saturated rings. The summed E-state index contributed by atoms with van der Waals surface area (Å²) < 4.78 is 0. The largest absolute Gasteiger partial charge is 0.390 e. The van der Waals surface area contributed by atoms with Gasteiger partial charge in [-0.05, 0) is 62.1 Å². The first-order chi connectivity index (χ1) is 11.4. The molecule has 2 aliphatic rings. The van der Waals surface area contributed by atoms with Crippen LogP contribution < -0.4 is 4.90 Å². The van der Waals surface area contributed by atoms with Crippen molar-refractivity contribution in [1.29, 1.82) is 0 Å². The zero-order valence-corrected chi connectivity index (χ0v) is 14.9. The van der Waals surface area contributed by atoms with Crippen LogP contribution in [0.3, 0.4) is 0 Å². The van der Waals surface area contributed by atoms with E-state index in [1.54, 1.807) is 6.08 Å².